The third kappa shape index (κ3) is 6.38. The van der Waals surface area contributed by atoms with Gasteiger partial charge in [-0.3, -0.25) is 0 Å². The third-order valence-corrected chi connectivity index (χ3v) is 4.73. The van der Waals surface area contributed by atoms with E-state index in [0.29, 0.717) is 23.7 Å². The molecule has 34 heavy (non-hydrogen) atoms. The molecule has 0 amide bonds. The van der Waals surface area contributed by atoms with Crippen molar-refractivity contribution in [3.63, 3.8) is 0 Å². The number of fused-ring (bicyclic) bond motifs is 2. The lowest BCUT2D eigenvalue weighted by Gasteiger charge is -2.19. The molecule has 180 valence electrons. The summed E-state index contributed by atoms with van der Waals surface area (Å²) in [5.74, 6) is 1.40. The molecular formula is C27H35N5O2. The van der Waals surface area contributed by atoms with E-state index in [1.807, 2.05) is 82.6 Å². The molecule has 0 radical (unpaired) electrons. The van der Waals surface area contributed by atoms with Gasteiger partial charge in [-0.1, -0.05) is 59.1 Å². The maximum absolute atomic E-state index is 5.85. The number of H-pyrrole nitrogens is 1. The molecule has 7 nitrogen and oxygen atoms in total. The van der Waals surface area contributed by atoms with E-state index in [4.69, 9.17) is 15.4 Å². The van der Waals surface area contributed by atoms with Gasteiger partial charge in [0.2, 0.25) is 0 Å². The minimum absolute atomic E-state index is 0.451. The van der Waals surface area contributed by atoms with Crippen LogP contribution in [0.4, 0.5) is 11.4 Å². The molecule has 2 aromatic carbocycles. The second kappa shape index (κ2) is 13.3. The minimum atomic E-state index is 0.451. The van der Waals surface area contributed by atoms with Gasteiger partial charge in [0, 0.05) is 24.5 Å². The molecule has 0 fully saturated rings. The average molecular weight is 462 g/mol. The number of allylic oxidation sites excluding steroid dienone is 2. The van der Waals surface area contributed by atoms with E-state index in [-0.39, 0.29) is 0 Å². The average Bonchev–Trinajstić information content (AvgIpc) is 3.34. The quantitative estimate of drug-likeness (QED) is 0.213. The standard InChI is InChI=1S/C23H23N5O2.2C2H6/c1-3-19(24)20(4-2)27-29-18-7-5-6-15(10-18)16-8-9-21-22(11-16)28-30-23-14-25-12-17(23)13-26-21;2*1-2/h3-12,14,25-28H,1-2,13,24H2;2*1-2H3/b20-19+;;. The fourth-order valence-electron chi connectivity index (χ4n) is 3.06. The number of hydrogen-bond donors (Lipinski definition) is 5. The fraction of sp³-hybridized carbons (Fsp3) is 0.185. The number of nitrogens with one attached hydrogen (secondary N) is 4. The van der Waals surface area contributed by atoms with E-state index >= 15 is 0 Å². The molecule has 0 aliphatic carbocycles. The highest BCUT2D eigenvalue weighted by molar-refractivity contribution is 5.78. The summed E-state index contributed by atoms with van der Waals surface area (Å²) in [7, 11) is 0. The molecule has 1 aliphatic rings. The van der Waals surface area contributed by atoms with Gasteiger partial charge in [-0.05, 0) is 47.5 Å². The lowest BCUT2D eigenvalue weighted by atomic mass is 10.0. The highest BCUT2D eigenvalue weighted by Gasteiger charge is 2.13. The number of rotatable bonds is 6. The van der Waals surface area contributed by atoms with Gasteiger partial charge in [-0.15, -0.1) is 0 Å². The van der Waals surface area contributed by atoms with Crippen molar-refractivity contribution in [3.8, 4) is 22.6 Å². The molecule has 0 spiro atoms. The zero-order valence-electron chi connectivity index (χ0n) is 20.4. The summed E-state index contributed by atoms with van der Waals surface area (Å²) >= 11 is 0. The van der Waals surface area contributed by atoms with Crippen LogP contribution in [-0.2, 0) is 6.54 Å². The normalized spacial score (nSPS) is 11.8. The highest BCUT2D eigenvalue weighted by atomic mass is 16.6. The molecule has 0 saturated carbocycles. The minimum Gasteiger partial charge on any atom is -0.397 e. The Morgan fingerprint density at radius 1 is 1.00 bits per heavy atom. The van der Waals surface area contributed by atoms with Gasteiger partial charge in [0.05, 0.1) is 22.8 Å². The van der Waals surface area contributed by atoms with Crippen molar-refractivity contribution in [3.05, 3.63) is 97.1 Å². The van der Waals surface area contributed by atoms with Crippen LogP contribution in [0.15, 0.2) is 91.6 Å². The SMILES string of the molecule is C=C/C(N)=C(/C=C)NOc1cccc(-c2ccc3c(c2)NOc2c[nH]cc2CN3)c1.CC.CC. The van der Waals surface area contributed by atoms with Gasteiger partial charge in [0.15, 0.2) is 11.5 Å². The Kier molecular flexibility index (Phi) is 10.2. The summed E-state index contributed by atoms with van der Waals surface area (Å²) in [5, 5.41) is 3.42. The van der Waals surface area contributed by atoms with Gasteiger partial charge in [0.25, 0.3) is 0 Å². The van der Waals surface area contributed by atoms with Crippen LogP contribution >= 0.6 is 0 Å². The van der Waals surface area contributed by atoms with E-state index < -0.39 is 0 Å². The Morgan fingerprint density at radius 2 is 1.76 bits per heavy atom. The van der Waals surface area contributed by atoms with Crippen LogP contribution in [0.5, 0.6) is 11.5 Å². The number of aromatic nitrogens is 1. The Bertz CT molecular complexity index is 1120. The summed E-state index contributed by atoms with van der Waals surface area (Å²) in [4.78, 5) is 14.4. The van der Waals surface area contributed by atoms with Gasteiger partial charge in [-0.2, -0.15) is 0 Å². The summed E-state index contributed by atoms with van der Waals surface area (Å²) in [6.45, 7) is 16.0. The number of nitrogens with two attached hydrogens (primary N) is 1. The van der Waals surface area contributed by atoms with Gasteiger partial charge in [0.1, 0.15) is 0 Å². The topological polar surface area (TPSA) is 96.4 Å². The third-order valence-electron chi connectivity index (χ3n) is 4.73. The number of aromatic amines is 1. The predicted molar refractivity (Wildman–Crippen MR) is 142 cm³/mol. The van der Waals surface area contributed by atoms with Crippen LogP contribution in [0.2, 0.25) is 0 Å². The first-order valence-corrected chi connectivity index (χ1v) is 11.4. The first kappa shape index (κ1) is 26.0. The lowest BCUT2D eigenvalue weighted by Crippen LogP contribution is -2.20. The van der Waals surface area contributed by atoms with Crippen LogP contribution in [0.1, 0.15) is 33.3 Å². The van der Waals surface area contributed by atoms with E-state index in [0.717, 1.165) is 33.8 Å². The Labute approximate surface area is 202 Å². The molecule has 7 heteroatoms. The first-order valence-electron chi connectivity index (χ1n) is 11.4. The second-order valence-electron chi connectivity index (χ2n) is 6.67. The summed E-state index contributed by atoms with van der Waals surface area (Å²) in [6.07, 6.45) is 6.84. The molecular weight excluding hydrogens is 426 g/mol. The largest absolute Gasteiger partial charge is 0.397 e. The second-order valence-corrected chi connectivity index (χ2v) is 6.67. The molecule has 1 aromatic heterocycles. The monoisotopic (exact) mass is 461 g/mol. The number of anilines is 2. The fourth-order valence-corrected chi connectivity index (χ4v) is 3.06. The maximum Gasteiger partial charge on any atom is 0.177 e. The molecule has 4 rings (SSSR count). The van der Waals surface area contributed by atoms with Gasteiger partial charge in [-0.25, -0.2) is 11.0 Å². The Balaban J connectivity index is 0.000000970. The van der Waals surface area contributed by atoms with Crippen LogP contribution in [-0.4, -0.2) is 4.98 Å². The predicted octanol–water partition coefficient (Wildman–Crippen LogP) is 6.49. The van der Waals surface area contributed by atoms with E-state index in [2.05, 4.69) is 34.4 Å². The van der Waals surface area contributed by atoms with Crippen molar-refractivity contribution in [1.82, 2.24) is 10.5 Å². The molecule has 3 aromatic rings. The zero-order chi connectivity index (χ0) is 24.9. The van der Waals surface area contributed by atoms with Gasteiger partial charge < -0.3 is 25.7 Å². The van der Waals surface area contributed by atoms with Crippen molar-refractivity contribution in [2.45, 2.75) is 34.2 Å². The summed E-state index contributed by atoms with van der Waals surface area (Å²) < 4.78 is 0. The molecule has 0 atom stereocenters. The molecule has 2 heterocycles. The zero-order valence-corrected chi connectivity index (χ0v) is 20.4. The van der Waals surface area contributed by atoms with Crippen LogP contribution in [0.3, 0.4) is 0 Å². The number of hydrogen-bond acceptors (Lipinski definition) is 6. The maximum atomic E-state index is 5.85. The molecule has 0 bridgehead atoms. The van der Waals surface area contributed by atoms with Gasteiger partial charge >= 0.3 is 0 Å². The molecule has 1 aliphatic heterocycles. The Morgan fingerprint density at radius 3 is 2.50 bits per heavy atom. The molecule has 0 unspecified atom stereocenters. The summed E-state index contributed by atoms with van der Waals surface area (Å²) in [5.41, 5.74) is 17.5. The van der Waals surface area contributed by atoms with E-state index in [1.54, 1.807) is 6.08 Å². The van der Waals surface area contributed by atoms with Crippen LogP contribution < -0.4 is 31.7 Å². The number of hydroxylamine groups is 1. The lowest BCUT2D eigenvalue weighted by molar-refractivity contribution is 0.232. The van der Waals surface area contributed by atoms with Crippen LogP contribution in [0, 0.1) is 0 Å². The smallest absolute Gasteiger partial charge is 0.177 e. The first-order chi connectivity index (χ1) is 16.7. The summed E-state index contributed by atoms with van der Waals surface area (Å²) in [6, 6.07) is 13.8. The van der Waals surface area contributed by atoms with Crippen LogP contribution in [0.25, 0.3) is 11.1 Å². The molecule has 6 N–H and O–H groups in total. The van der Waals surface area contributed by atoms with Crippen molar-refractivity contribution in [2.75, 3.05) is 10.8 Å². The van der Waals surface area contributed by atoms with Crippen molar-refractivity contribution in [1.29, 1.82) is 0 Å². The Hall–Kier alpha value is -4.26. The van der Waals surface area contributed by atoms with E-state index in [1.165, 1.54) is 6.08 Å². The number of benzene rings is 2. The van der Waals surface area contributed by atoms with Crippen molar-refractivity contribution < 1.29 is 9.68 Å². The van der Waals surface area contributed by atoms with Crippen molar-refractivity contribution in [2.24, 2.45) is 5.73 Å². The molecule has 0 saturated heterocycles. The highest BCUT2D eigenvalue weighted by Crippen LogP contribution is 2.33. The van der Waals surface area contributed by atoms with Crippen molar-refractivity contribution >= 4 is 11.4 Å². The van der Waals surface area contributed by atoms with E-state index in [9.17, 15) is 0 Å².